The van der Waals surface area contributed by atoms with Crippen LogP contribution in [0, 0.1) is 0 Å². The number of aromatic nitrogens is 8. The first-order valence-electron chi connectivity index (χ1n) is 13.3. The van der Waals surface area contributed by atoms with Crippen molar-refractivity contribution in [3.05, 3.63) is 96.6 Å². The van der Waals surface area contributed by atoms with Gasteiger partial charge in [0.05, 0.1) is 0 Å². The first-order chi connectivity index (χ1) is 19.8. The molecule has 0 radical (unpaired) electrons. The van der Waals surface area contributed by atoms with Crippen LogP contribution in [-0.4, -0.2) is 39.9 Å². The normalized spacial score (nSPS) is 14.1. The van der Waals surface area contributed by atoms with E-state index in [2.05, 4.69) is 46.4 Å². The lowest BCUT2D eigenvalue weighted by molar-refractivity contribution is 1.04. The lowest BCUT2D eigenvalue weighted by Gasteiger charge is -2.05. The zero-order chi connectivity index (χ0) is 26.2. The molecule has 2 aliphatic heterocycles. The second kappa shape index (κ2) is 8.00. The third kappa shape index (κ3) is 3.07. The van der Waals surface area contributed by atoms with Crippen molar-refractivity contribution in [3.63, 3.8) is 0 Å². The van der Waals surface area contributed by atoms with Crippen LogP contribution in [0.15, 0.2) is 84.9 Å². The number of fused-ring (bicyclic) bond motifs is 20. The standard InChI is InChI=1S/C32H20N8/c1-2-10-18-17(9-1)25-33-26(18)38-28-21-13-5-6-14-22(21)30(35-28)40-32-24-16-8-7-15-23(24)31(36-32)39-29-20-12-4-3-11-19(20)27(34-29)37-25/h1-6,9-16H,7-8H2,(H2,33,34,35,36,37,38,39,40). The summed E-state index contributed by atoms with van der Waals surface area (Å²) < 4.78 is 0. The highest BCUT2D eigenvalue weighted by Gasteiger charge is 2.25. The van der Waals surface area contributed by atoms with Gasteiger partial charge in [-0.1, -0.05) is 84.9 Å². The Labute approximate surface area is 227 Å². The zero-order valence-electron chi connectivity index (χ0n) is 21.2. The molecule has 5 heterocycles. The molecule has 2 N–H and O–H groups in total. The Morgan fingerprint density at radius 2 is 0.750 bits per heavy atom. The van der Waals surface area contributed by atoms with Crippen molar-refractivity contribution < 1.29 is 0 Å². The lowest BCUT2D eigenvalue weighted by Crippen LogP contribution is -1.90. The maximum atomic E-state index is 5.05. The van der Waals surface area contributed by atoms with Gasteiger partial charge in [-0.3, -0.25) is 0 Å². The smallest absolute Gasteiger partial charge is 0.164 e. The molecule has 3 aromatic heterocycles. The fourth-order valence-corrected chi connectivity index (χ4v) is 5.82. The van der Waals surface area contributed by atoms with E-state index in [1.807, 2.05) is 48.5 Å². The van der Waals surface area contributed by atoms with E-state index in [1.165, 1.54) is 0 Å². The minimum atomic E-state index is 0.606. The Balaban J connectivity index is 1.50. The minimum Gasteiger partial charge on any atom is -0.324 e. The molecule has 3 aliphatic rings. The summed E-state index contributed by atoms with van der Waals surface area (Å²) in [6.45, 7) is 0. The number of hydrogen-bond acceptors (Lipinski definition) is 6. The van der Waals surface area contributed by atoms with Crippen molar-refractivity contribution in [2.75, 3.05) is 0 Å². The highest BCUT2D eigenvalue weighted by Crippen LogP contribution is 2.38. The van der Waals surface area contributed by atoms with Gasteiger partial charge in [0.25, 0.3) is 0 Å². The maximum Gasteiger partial charge on any atom is 0.164 e. The van der Waals surface area contributed by atoms with Crippen LogP contribution in [0.5, 0.6) is 0 Å². The summed E-state index contributed by atoms with van der Waals surface area (Å²) >= 11 is 0. The summed E-state index contributed by atoms with van der Waals surface area (Å²) in [6, 6.07) is 24.3. The topological polar surface area (TPSA) is 109 Å². The van der Waals surface area contributed by atoms with Crippen molar-refractivity contribution in [3.8, 4) is 22.8 Å². The van der Waals surface area contributed by atoms with Gasteiger partial charge in [0.2, 0.25) is 0 Å². The van der Waals surface area contributed by atoms with E-state index in [4.69, 9.17) is 29.9 Å². The van der Waals surface area contributed by atoms with Gasteiger partial charge < -0.3 is 9.97 Å². The number of aromatic amines is 2. The van der Waals surface area contributed by atoms with Crippen LogP contribution in [0.25, 0.3) is 78.1 Å². The van der Waals surface area contributed by atoms with Crippen molar-refractivity contribution in [1.29, 1.82) is 0 Å². The Kier molecular flexibility index (Phi) is 4.29. The van der Waals surface area contributed by atoms with Gasteiger partial charge in [0.1, 0.15) is 22.6 Å². The monoisotopic (exact) mass is 516 g/mol. The lowest BCUT2D eigenvalue weighted by atomic mass is 9.99. The quantitative estimate of drug-likeness (QED) is 0.230. The van der Waals surface area contributed by atoms with Crippen molar-refractivity contribution >= 4 is 55.3 Å². The van der Waals surface area contributed by atoms with Crippen LogP contribution < -0.4 is 0 Å². The molecule has 0 saturated carbocycles. The molecule has 6 aromatic rings. The third-order valence-corrected chi connectivity index (χ3v) is 7.69. The minimum absolute atomic E-state index is 0.606. The van der Waals surface area contributed by atoms with Crippen molar-refractivity contribution in [2.24, 2.45) is 0 Å². The fraction of sp³-hybridized carbons (Fsp3) is 0.0625. The van der Waals surface area contributed by atoms with Gasteiger partial charge in [-0.25, -0.2) is 29.9 Å². The Morgan fingerprint density at radius 1 is 0.400 bits per heavy atom. The predicted molar refractivity (Wildman–Crippen MR) is 157 cm³/mol. The van der Waals surface area contributed by atoms with E-state index in [0.29, 0.717) is 45.9 Å². The number of hydrogen-bond donors (Lipinski definition) is 2. The van der Waals surface area contributed by atoms with Crippen LogP contribution in [0.2, 0.25) is 0 Å². The first-order valence-corrected chi connectivity index (χ1v) is 13.3. The number of rotatable bonds is 0. The van der Waals surface area contributed by atoms with Crippen molar-refractivity contribution in [2.45, 2.75) is 12.8 Å². The second-order valence-corrected chi connectivity index (χ2v) is 10.1. The Morgan fingerprint density at radius 3 is 1.18 bits per heavy atom. The number of H-pyrrole nitrogens is 2. The van der Waals surface area contributed by atoms with Crippen LogP contribution in [0.3, 0.4) is 0 Å². The molecule has 8 nitrogen and oxygen atoms in total. The van der Waals surface area contributed by atoms with Gasteiger partial charge in [-0.15, -0.1) is 0 Å². The molecule has 0 saturated heterocycles. The van der Waals surface area contributed by atoms with Gasteiger partial charge in [-0.05, 0) is 12.8 Å². The SMILES string of the molecule is C1=C2C(=CCC1)c1nc2nc2[nH]c(nc3nc(nc4[nH]c(n1)c1ccccc41)-c1ccccc1-3)c1ccccc21. The van der Waals surface area contributed by atoms with Gasteiger partial charge in [0.15, 0.2) is 23.3 Å². The Hall–Kier alpha value is -5.50. The van der Waals surface area contributed by atoms with Gasteiger partial charge in [0, 0.05) is 43.8 Å². The number of nitrogens with one attached hydrogen (secondary N) is 2. The molecule has 8 bridgehead atoms. The molecule has 0 fully saturated rings. The molecule has 0 spiro atoms. The second-order valence-electron chi connectivity index (χ2n) is 10.1. The van der Waals surface area contributed by atoms with Crippen LogP contribution >= 0.6 is 0 Å². The third-order valence-electron chi connectivity index (χ3n) is 7.69. The summed E-state index contributed by atoms with van der Waals surface area (Å²) in [4.78, 5) is 36.9. The van der Waals surface area contributed by atoms with E-state index in [9.17, 15) is 0 Å². The van der Waals surface area contributed by atoms with Crippen LogP contribution in [0.1, 0.15) is 24.5 Å². The van der Waals surface area contributed by atoms with E-state index < -0.39 is 0 Å². The summed E-state index contributed by atoms with van der Waals surface area (Å²) in [6.07, 6.45) is 6.30. The molecule has 9 rings (SSSR count). The van der Waals surface area contributed by atoms with Gasteiger partial charge in [-0.2, -0.15) is 0 Å². The van der Waals surface area contributed by atoms with E-state index in [0.717, 1.165) is 56.7 Å². The summed E-state index contributed by atoms with van der Waals surface area (Å²) in [5, 5.41) is 3.88. The average molecular weight is 517 g/mol. The molecule has 188 valence electrons. The predicted octanol–water partition coefficient (Wildman–Crippen LogP) is 6.80. The van der Waals surface area contributed by atoms with Crippen molar-refractivity contribution in [1.82, 2.24) is 39.9 Å². The number of nitrogens with zero attached hydrogens (tertiary/aromatic N) is 6. The Bertz CT molecular complexity index is 2130. The summed E-state index contributed by atoms with van der Waals surface area (Å²) in [5.41, 5.74) is 6.71. The maximum absolute atomic E-state index is 5.05. The largest absolute Gasteiger partial charge is 0.324 e. The fourth-order valence-electron chi connectivity index (χ4n) is 5.82. The molecular weight excluding hydrogens is 496 g/mol. The number of allylic oxidation sites excluding steroid dienone is 4. The molecule has 0 atom stereocenters. The molecular formula is C32H20N8. The molecule has 8 heteroatoms. The first kappa shape index (κ1) is 21.4. The van der Waals surface area contributed by atoms with E-state index >= 15 is 0 Å². The highest BCUT2D eigenvalue weighted by atomic mass is 15.1. The summed E-state index contributed by atoms with van der Waals surface area (Å²) in [7, 11) is 0. The molecule has 3 aromatic carbocycles. The molecule has 0 unspecified atom stereocenters. The van der Waals surface area contributed by atoms with E-state index in [-0.39, 0.29) is 0 Å². The highest BCUT2D eigenvalue weighted by molar-refractivity contribution is 6.09. The average Bonchev–Trinajstić information content (AvgIpc) is 3.73. The van der Waals surface area contributed by atoms with Crippen LogP contribution in [0.4, 0.5) is 0 Å². The van der Waals surface area contributed by atoms with E-state index in [1.54, 1.807) is 0 Å². The molecule has 0 amide bonds. The molecule has 1 aliphatic carbocycles. The molecule has 40 heavy (non-hydrogen) atoms. The zero-order valence-corrected chi connectivity index (χ0v) is 21.2. The number of benzene rings is 3. The summed E-state index contributed by atoms with van der Waals surface area (Å²) in [5.74, 6) is 2.51. The van der Waals surface area contributed by atoms with Gasteiger partial charge >= 0.3 is 0 Å². The van der Waals surface area contributed by atoms with Crippen LogP contribution in [-0.2, 0) is 0 Å².